The Morgan fingerprint density at radius 1 is 0.829 bits per heavy atom. The molecule has 3 amide bonds. The van der Waals surface area contributed by atoms with E-state index in [4.69, 9.17) is 42.1 Å². The summed E-state index contributed by atoms with van der Waals surface area (Å²) in [5.41, 5.74) is 2.15. The molecule has 76 heavy (non-hydrogen) atoms. The fourth-order valence-corrected chi connectivity index (χ4v) is 13.0. The highest BCUT2D eigenvalue weighted by molar-refractivity contribution is 8.02. The molecule has 2 N–H and O–H groups in total. The molecule has 5 aliphatic rings. The third kappa shape index (κ3) is 13.5. The summed E-state index contributed by atoms with van der Waals surface area (Å²) < 4.78 is 79.5. The molecule has 3 atom stereocenters. The second-order valence-corrected chi connectivity index (χ2v) is 22.7. The lowest BCUT2D eigenvalue weighted by Crippen LogP contribution is -2.53. The molecule has 4 saturated heterocycles. The average molecular weight is 1120 g/mol. The fraction of sp³-hybridized carbons (Fsp3) is 0.377. The van der Waals surface area contributed by atoms with Gasteiger partial charge in [-0.15, -0.1) is 11.8 Å². The van der Waals surface area contributed by atoms with Crippen LogP contribution >= 0.6 is 35.0 Å². The van der Waals surface area contributed by atoms with E-state index in [1.165, 1.54) is 42.5 Å². The van der Waals surface area contributed by atoms with Crippen molar-refractivity contribution in [3.05, 3.63) is 153 Å². The topological polar surface area (TPSA) is 200 Å². The van der Waals surface area contributed by atoms with Crippen LogP contribution in [0.15, 0.2) is 114 Å². The number of hydrogen-bond donors (Lipinski definition) is 2. The predicted molar refractivity (Wildman–Crippen MR) is 279 cm³/mol. The van der Waals surface area contributed by atoms with Gasteiger partial charge < -0.3 is 34.8 Å². The Balaban J connectivity index is 0.825. The molecule has 2 bridgehead atoms. The van der Waals surface area contributed by atoms with Crippen molar-refractivity contribution in [3.63, 3.8) is 0 Å². The number of esters is 1. The zero-order valence-electron chi connectivity index (χ0n) is 40.9. The van der Waals surface area contributed by atoms with Crippen LogP contribution in [0.4, 0.5) is 19.3 Å². The number of fused-ring (bicyclic) bond motifs is 3. The summed E-state index contributed by atoms with van der Waals surface area (Å²) in [6, 6.07) is 25.4. The Bertz CT molecular complexity index is 3020. The Kier molecular flexibility index (Phi) is 17.5. The van der Waals surface area contributed by atoms with E-state index >= 15 is 0 Å². The van der Waals surface area contributed by atoms with E-state index in [1.54, 1.807) is 23.1 Å². The molecular weight excluding hydrogens is 1070 g/mol. The van der Waals surface area contributed by atoms with Gasteiger partial charge in [-0.05, 0) is 116 Å². The normalized spacial score (nSPS) is 19.6. The maximum atomic E-state index is 14.3. The molecule has 402 valence electrons. The summed E-state index contributed by atoms with van der Waals surface area (Å²) in [5.74, 6) is -1.52. The number of sulfonamides is 1. The van der Waals surface area contributed by atoms with Crippen LogP contribution in [0.2, 0.25) is 10.0 Å². The van der Waals surface area contributed by atoms with Crippen molar-refractivity contribution in [2.75, 3.05) is 56.5 Å². The number of carbonyl (C=O) groups excluding carboxylic acids is 4. The first-order chi connectivity index (χ1) is 36.6. The van der Waals surface area contributed by atoms with Crippen LogP contribution < -0.4 is 29.7 Å². The number of halogens is 4. The van der Waals surface area contributed by atoms with Gasteiger partial charge in [-0.3, -0.25) is 19.4 Å². The molecule has 17 nitrogen and oxygen atoms in total. The number of hydrogen-bond acceptors (Lipinski definition) is 13. The molecule has 1 aromatic heterocycles. The fourth-order valence-electron chi connectivity index (χ4n) is 9.34. The number of pyridine rings is 1. The largest absolute Gasteiger partial charge is 0.619 e. The van der Waals surface area contributed by atoms with Crippen LogP contribution in [0.5, 0.6) is 11.5 Å². The van der Waals surface area contributed by atoms with Gasteiger partial charge in [0.05, 0.1) is 18.0 Å². The molecule has 0 spiro atoms. The number of anilines is 1. The number of carbonyl (C=O) groups is 4. The van der Waals surface area contributed by atoms with E-state index in [2.05, 4.69) is 15.5 Å². The molecule has 23 heteroatoms. The van der Waals surface area contributed by atoms with Crippen LogP contribution in [0, 0.1) is 17.0 Å². The van der Waals surface area contributed by atoms with Crippen molar-refractivity contribution in [1.82, 2.24) is 19.8 Å². The van der Waals surface area contributed by atoms with Gasteiger partial charge in [0.25, 0.3) is 11.8 Å². The summed E-state index contributed by atoms with van der Waals surface area (Å²) in [5, 5.41) is 16.1. The maximum absolute atomic E-state index is 14.3. The third-order valence-electron chi connectivity index (χ3n) is 13.5. The average Bonchev–Trinajstić information content (AvgIpc) is 4.11. The molecule has 1 aliphatic carbocycles. The van der Waals surface area contributed by atoms with Crippen molar-refractivity contribution < 1.29 is 60.1 Å². The number of nitrogens with zero attached hydrogens (tertiary/aromatic N) is 4. The van der Waals surface area contributed by atoms with Gasteiger partial charge in [-0.1, -0.05) is 65.7 Å². The van der Waals surface area contributed by atoms with Crippen molar-refractivity contribution >= 4 is 74.6 Å². The highest BCUT2D eigenvalue weighted by Crippen LogP contribution is 2.40. The molecule has 10 rings (SSSR count). The highest BCUT2D eigenvalue weighted by atomic mass is 35.5. The van der Waals surface area contributed by atoms with Crippen molar-refractivity contribution in [1.29, 1.82) is 0 Å². The maximum Gasteiger partial charge on any atom is 0.414 e. The van der Waals surface area contributed by atoms with Crippen LogP contribution in [0.3, 0.4) is 0 Å². The number of nitrogens with one attached hydrogen (secondary N) is 2. The minimum Gasteiger partial charge on any atom is -0.619 e. The Labute approximate surface area is 452 Å². The molecule has 0 unspecified atom stereocenters. The van der Waals surface area contributed by atoms with E-state index in [9.17, 15) is 41.6 Å². The predicted octanol–water partition coefficient (Wildman–Crippen LogP) is 8.01. The van der Waals surface area contributed by atoms with Crippen LogP contribution in [-0.2, 0) is 37.3 Å². The van der Waals surface area contributed by atoms with Gasteiger partial charge in [-0.25, -0.2) is 18.0 Å². The summed E-state index contributed by atoms with van der Waals surface area (Å²) >= 11 is 13.9. The molecular formula is C53H54Cl2F2N6O11S2. The zero-order chi connectivity index (χ0) is 53.5. The number of thioether (sulfide) groups is 1. The molecule has 5 heterocycles. The number of rotatable bonds is 21. The zero-order valence-corrected chi connectivity index (χ0v) is 44.0. The second kappa shape index (κ2) is 24.4. The van der Waals surface area contributed by atoms with Gasteiger partial charge in [0.1, 0.15) is 22.3 Å². The minimum absolute atomic E-state index is 0.00358. The van der Waals surface area contributed by atoms with Crippen LogP contribution in [-0.4, -0.2) is 111 Å². The number of ether oxygens (including phenoxy) is 4. The standard InChI is InChI=1S/C53H54Cl2F2N6O11S2/c54-42-29-61(68)30-43(55)41(42)27-45(36-14-15-44(73-52(56)57)46(26-36)71-32-33-12-13-33)72-51(66)50-63(22-23-75-50)76(69,70)40-11-5-8-38(25-40)49(65)59-19-18-58-48(64)37-7-4-6-34(24-37)28-62(39-9-2-1-3-10-39)53(67)74-47-31-60-20-16-35(47)17-21-60/h1-11,14-15,24-26,29-30,33,35,45,47,50,52H,12-13,16-23,27-28,31-32H2,(H,58,64)(H,59,65)/t45-,47-,50-/m0/s1. The number of benzene rings is 4. The number of piperidine rings is 3. The first-order valence-corrected chi connectivity index (χ1v) is 28.0. The van der Waals surface area contributed by atoms with Gasteiger partial charge in [-0.2, -0.15) is 17.8 Å². The Morgan fingerprint density at radius 3 is 2.17 bits per heavy atom. The third-order valence-corrected chi connectivity index (χ3v) is 17.4. The lowest BCUT2D eigenvalue weighted by molar-refractivity contribution is -0.605. The van der Waals surface area contributed by atoms with Crippen molar-refractivity contribution in [3.8, 4) is 11.5 Å². The number of alkyl halides is 2. The number of amides is 3. The first kappa shape index (κ1) is 54.6. The van der Waals surface area contributed by atoms with E-state index in [0.717, 1.165) is 67.2 Å². The summed E-state index contributed by atoms with van der Waals surface area (Å²) in [6.07, 6.45) is 3.80. The van der Waals surface area contributed by atoms with E-state index in [1.807, 2.05) is 36.4 Å². The summed E-state index contributed by atoms with van der Waals surface area (Å²) in [4.78, 5) is 58.3. The monoisotopic (exact) mass is 1120 g/mol. The van der Waals surface area contributed by atoms with Crippen molar-refractivity contribution in [2.45, 2.75) is 67.7 Å². The summed E-state index contributed by atoms with van der Waals surface area (Å²) in [6.45, 7) is -0.119. The summed E-state index contributed by atoms with van der Waals surface area (Å²) in [7, 11) is -4.45. The van der Waals surface area contributed by atoms with E-state index < -0.39 is 52.0 Å². The SMILES string of the molecule is O=C(NCCNC(=O)c1cccc(S(=O)(=O)N2CCS[C@H]2C(=O)O[C@@H](Cc2c(Cl)c[n+]([O-])cc2Cl)c2ccc(OC(F)F)c(OCC3CC3)c2)c1)c1cccc(CN(C(=O)O[C@H]2CN3CCC2CC3)c2ccccc2)c1. The number of para-hydroxylation sites is 1. The minimum atomic E-state index is -4.45. The molecule has 1 saturated carbocycles. The van der Waals surface area contributed by atoms with Crippen LogP contribution in [0.25, 0.3) is 0 Å². The van der Waals surface area contributed by atoms with Gasteiger partial charge in [0, 0.05) is 60.7 Å². The van der Waals surface area contributed by atoms with E-state index in [-0.39, 0.29) is 100 Å². The van der Waals surface area contributed by atoms with Crippen LogP contribution in [0.1, 0.15) is 69.2 Å². The molecule has 4 aliphatic heterocycles. The van der Waals surface area contributed by atoms with Gasteiger partial charge in [0.15, 0.2) is 29.3 Å². The smallest absolute Gasteiger partial charge is 0.414 e. The lowest BCUT2D eigenvalue weighted by atomic mass is 9.86. The lowest BCUT2D eigenvalue weighted by Gasteiger charge is -2.44. The second-order valence-electron chi connectivity index (χ2n) is 18.8. The molecule has 0 radical (unpaired) electrons. The van der Waals surface area contributed by atoms with Gasteiger partial charge >= 0.3 is 18.7 Å². The van der Waals surface area contributed by atoms with E-state index in [0.29, 0.717) is 34.0 Å². The molecule has 5 aromatic rings. The Hall–Kier alpha value is -6.23. The first-order valence-electron chi connectivity index (χ1n) is 24.7. The molecule has 5 fully saturated rings. The Morgan fingerprint density at radius 2 is 1.51 bits per heavy atom. The quantitative estimate of drug-likeness (QED) is 0.0310. The highest BCUT2D eigenvalue weighted by Gasteiger charge is 2.43. The molecule has 4 aromatic carbocycles. The van der Waals surface area contributed by atoms with Gasteiger partial charge in [0.2, 0.25) is 10.0 Å². The number of aromatic nitrogens is 1. The van der Waals surface area contributed by atoms with Crippen molar-refractivity contribution in [2.24, 2.45) is 11.8 Å².